The molecule has 4 rings (SSSR count). The van der Waals surface area contributed by atoms with E-state index in [0.29, 0.717) is 44.4 Å². The van der Waals surface area contributed by atoms with Gasteiger partial charge in [0.05, 0.1) is 29.4 Å². The number of ketones is 2. The van der Waals surface area contributed by atoms with Crippen molar-refractivity contribution in [3.05, 3.63) is 94.0 Å². The quantitative estimate of drug-likeness (QED) is 0.210. The summed E-state index contributed by atoms with van der Waals surface area (Å²) in [5, 5.41) is 10.5. The molecule has 0 amide bonds. The molecule has 3 aromatic heterocycles. The number of methoxy groups -OCH3 is 1. The monoisotopic (exact) mass is 576 g/mol. The standard InChI is InChI=1S/C32H33ClN2O6/c1-31(2,3)29(37)26-24(17-32(4,5)30(38)39)27(28(36)19-7-9-20(33)10-8-19)35-14-12-23(16-25(26)35)41-18-21-15-22(40-6)11-13-34-21/h7-16H,17-18H2,1-6H3,(H,38,39). The van der Waals surface area contributed by atoms with Crippen LogP contribution in [-0.2, 0) is 17.8 Å². The van der Waals surface area contributed by atoms with Gasteiger partial charge in [-0.2, -0.15) is 0 Å². The lowest BCUT2D eigenvalue weighted by molar-refractivity contribution is -0.146. The fourth-order valence-electron chi connectivity index (χ4n) is 4.50. The van der Waals surface area contributed by atoms with Crippen LogP contribution in [-0.4, -0.2) is 39.1 Å². The van der Waals surface area contributed by atoms with Crippen LogP contribution in [0, 0.1) is 10.8 Å². The van der Waals surface area contributed by atoms with Crippen molar-refractivity contribution in [3.63, 3.8) is 0 Å². The molecule has 1 aromatic carbocycles. The summed E-state index contributed by atoms with van der Waals surface area (Å²) < 4.78 is 12.9. The highest BCUT2D eigenvalue weighted by Crippen LogP contribution is 2.37. The molecule has 0 unspecified atom stereocenters. The number of aromatic nitrogens is 2. The first-order valence-electron chi connectivity index (χ1n) is 13.1. The lowest BCUT2D eigenvalue weighted by atomic mass is 9.79. The van der Waals surface area contributed by atoms with Gasteiger partial charge >= 0.3 is 5.97 Å². The molecule has 0 aliphatic rings. The van der Waals surface area contributed by atoms with Crippen LogP contribution in [0.5, 0.6) is 11.5 Å². The summed E-state index contributed by atoms with van der Waals surface area (Å²) in [6.07, 6.45) is 3.25. The van der Waals surface area contributed by atoms with E-state index in [1.54, 1.807) is 107 Å². The summed E-state index contributed by atoms with van der Waals surface area (Å²) in [4.78, 5) is 44.5. The molecule has 3 heterocycles. The van der Waals surface area contributed by atoms with E-state index in [-0.39, 0.29) is 30.3 Å². The first kappa shape index (κ1) is 29.8. The highest BCUT2D eigenvalue weighted by molar-refractivity contribution is 6.30. The summed E-state index contributed by atoms with van der Waals surface area (Å²) in [6, 6.07) is 13.4. The smallest absolute Gasteiger partial charge is 0.309 e. The normalized spacial score (nSPS) is 11.9. The van der Waals surface area contributed by atoms with Crippen LogP contribution >= 0.6 is 11.6 Å². The van der Waals surface area contributed by atoms with E-state index in [2.05, 4.69) is 4.98 Å². The zero-order valence-electron chi connectivity index (χ0n) is 23.9. The average Bonchev–Trinajstić information content (AvgIpc) is 3.22. The maximum absolute atomic E-state index is 14.0. The fraction of sp³-hybridized carbons (Fsp3) is 0.312. The van der Waals surface area contributed by atoms with Gasteiger partial charge < -0.3 is 19.0 Å². The number of nitrogens with zero attached hydrogens (tertiary/aromatic N) is 2. The van der Waals surface area contributed by atoms with Crippen molar-refractivity contribution in [3.8, 4) is 11.5 Å². The van der Waals surface area contributed by atoms with Crippen LogP contribution in [0.15, 0.2) is 60.9 Å². The van der Waals surface area contributed by atoms with Crippen LogP contribution < -0.4 is 9.47 Å². The molecule has 0 bridgehead atoms. The molecule has 41 heavy (non-hydrogen) atoms. The van der Waals surface area contributed by atoms with Gasteiger partial charge in [0, 0.05) is 46.1 Å². The van der Waals surface area contributed by atoms with Crippen molar-refractivity contribution < 1.29 is 29.0 Å². The number of carboxylic acids is 1. The van der Waals surface area contributed by atoms with Crippen molar-refractivity contribution in [1.29, 1.82) is 0 Å². The largest absolute Gasteiger partial charge is 0.497 e. The van der Waals surface area contributed by atoms with E-state index in [0.717, 1.165) is 0 Å². The molecule has 1 N–H and O–H groups in total. The van der Waals surface area contributed by atoms with Crippen LogP contribution in [0.2, 0.25) is 5.02 Å². The SMILES string of the molecule is COc1ccnc(COc2ccn3c(C(=O)c4ccc(Cl)cc4)c(CC(C)(C)C(=O)O)c(C(=O)C(C)(C)C)c3c2)c1. The molecule has 0 spiro atoms. The van der Waals surface area contributed by atoms with Crippen molar-refractivity contribution in [2.45, 2.75) is 47.6 Å². The number of rotatable bonds is 10. The lowest BCUT2D eigenvalue weighted by Crippen LogP contribution is -2.29. The number of carbonyl (C=O) groups excluding carboxylic acids is 2. The molecule has 9 heteroatoms. The molecule has 0 saturated heterocycles. The van der Waals surface area contributed by atoms with Crippen molar-refractivity contribution in [2.24, 2.45) is 10.8 Å². The van der Waals surface area contributed by atoms with E-state index in [4.69, 9.17) is 21.1 Å². The summed E-state index contributed by atoms with van der Waals surface area (Å²) >= 11 is 6.06. The predicted molar refractivity (Wildman–Crippen MR) is 156 cm³/mol. The Hall–Kier alpha value is -4.17. The van der Waals surface area contributed by atoms with Crippen molar-refractivity contribution in [1.82, 2.24) is 9.38 Å². The minimum absolute atomic E-state index is 0.0419. The van der Waals surface area contributed by atoms with Gasteiger partial charge in [-0.3, -0.25) is 19.4 Å². The topological polar surface area (TPSA) is 107 Å². The summed E-state index contributed by atoms with van der Waals surface area (Å²) in [5.41, 5.74) is 0.295. The number of pyridine rings is 2. The Balaban J connectivity index is 1.93. The molecule has 4 aromatic rings. The minimum atomic E-state index is -1.26. The third-order valence-electron chi connectivity index (χ3n) is 6.85. The Bertz CT molecular complexity index is 1630. The average molecular weight is 577 g/mol. The maximum atomic E-state index is 14.0. The molecular weight excluding hydrogens is 544 g/mol. The molecule has 8 nitrogen and oxygen atoms in total. The molecular formula is C32H33ClN2O6. The highest BCUT2D eigenvalue weighted by atomic mass is 35.5. The number of carbonyl (C=O) groups is 3. The third kappa shape index (κ3) is 6.28. The number of Topliss-reactive ketones (excluding diaryl/α,β-unsaturated/α-hetero) is 1. The van der Waals surface area contributed by atoms with Gasteiger partial charge in [-0.05, 0) is 62.2 Å². The zero-order chi connectivity index (χ0) is 30.1. The predicted octanol–water partition coefficient (Wildman–Crippen LogP) is 6.69. The van der Waals surface area contributed by atoms with Crippen LogP contribution in [0.4, 0.5) is 0 Å². The van der Waals surface area contributed by atoms with E-state index in [1.807, 2.05) is 0 Å². The second kappa shape index (κ2) is 11.4. The summed E-state index contributed by atoms with van der Waals surface area (Å²) in [7, 11) is 1.57. The van der Waals surface area contributed by atoms with Gasteiger partial charge in [-0.25, -0.2) is 0 Å². The maximum Gasteiger partial charge on any atom is 0.309 e. The van der Waals surface area contributed by atoms with Crippen LogP contribution in [0.3, 0.4) is 0 Å². The Morgan fingerprint density at radius 3 is 2.27 bits per heavy atom. The minimum Gasteiger partial charge on any atom is -0.497 e. The number of ether oxygens (including phenoxy) is 2. The number of benzene rings is 1. The number of carboxylic acid groups (broad SMARTS) is 1. The lowest BCUT2D eigenvalue weighted by Gasteiger charge is -2.22. The Morgan fingerprint density at radius 1 is 0.976 bits per heavy atom. The molecule has 0 radical (unpaired) electrons. The second-order valence-corrected chi connectivity index (χ2v) is 12.0. The van der Waals surface area contributed by atoms with Gasteiger partial charge in [0.1, 0.15) is 18.1 Å². The number of halogens is 1. The van der Waals surface area contributed by atoms with E-state index >= 15 is 0 Å². The molecule has 0 aliphatic carbocycles. The van der Waals surface area contributed by atoms with Crippen molar-refractivity contribution in [2.75, 3.05) is 7.11 Å². The molecule has 0 atom stereocenters. The van der Waals surface area contributed by atoms with Gasteiger partial charge in [0.15, 0.2) is 5.78 Å². The van der Waals surface area contributed by atoms with Gasteiger partial charge in [-0.1, -0.05) is 32.4 Å². The first-order valence-corrected chi connectivity index (χ1v) is 13.5. The van der Waals surface area contributed by atoms with Gasteiger partial charge in [0.2, 0.25) is 5.78 Å². The fourth-order valence-corrected chi connectivity index (χ4v) is 4.62. The number of fused-ring (bicyclic) bond motifs is 1. The van der Waals surface area contributed by atoms with Crippen LogP contribution in [0.25, 0.3) is 5.52 Å². The molecule has 0 aliphatic heterocycles. The highest BCUT2D eigenvalue weighted by Gasteiger charge is 2.37. The number of aliphatic carboxylic acids is 1. The van der Waals surface area contributed by atoms with Crippen LogP contribution in [0.1, 0.15) is 72.3 Å². The van der Waals surface area contributed by atoms with E-state index in [9.17, 15) is 19.5 Å². The Kier molecular flexibility index (Phi) is 8.27. The second-order valence-electron chi connectivity index (χ2n) is 11.6. The Labute approximate surface area is 243 Å². The molecule has 0 saturated carbocycles. The first-order chi connectivity index (χ1) is 19.2. The molecule has 214 valence electrons. The third-order valence-corrected chi connectivity index (χ3v) is 7.10. The van der Waals surface area contributed by atoms with Gasteiger partial charge in [0.25, 0.3) is 0 Å². The number of hydrogen-bond acceptors (Lipinski definition) is 6. The summed E-state index contributed by atoms with van der Waals surface area (Å²) in [6.45, 7) is 8.68. The number of hydrogen-bond donors (Lipinski definition) is 1. The van der Waals surface area contributed by atoms with Crippen molar-refractivity contribution >= 4 is 34.7 Å². The van der Waals surface area contributed by atoms with E-state index in [1.165, 1.54) is 0 Å². The zero-order valence-corrected chi connectivity index (χ0v) is 24.7. The molecule has 0 fully saturated rings. The Morgan fingerprint density at radius 2 is 1.66 bits per heavy atom. The summed E-state index contributed by atoms with van der Waals surface area (Å²) in [5.74, 6) is -0.503. The van der Waals surface area contributed by atoms with Gasteiger partial charge in [-0.15, -0.1) is 0 Å². The van der Waals surface area contributed by atoms with E-state index < -0.39 is 16.8 Å².